The summed E-state index contributed by atoms with van der Waals surface area (Å²) in [6.45, 7) is 5.67. The number of hydrogen-bond acceptors (Lipinski definition) is 5. The van der Waals surface area contributed by atoms with Crippen molar-refractivity contribution in [2.24, 2.45) is 0 Å². The Hall–Kier alpha value is -3.37. The number of aryl methyl sites for hydroxylation is 1. The van der Waals surface area contributed by atoms with Crippen LogP contribution < -0.4 is 20.7 Å². The first-order chi connectivity index (χ1) is 14.1. The lowest BCUT2D eigenvalue weighted by molar-refractivity contribution is 0.342. The van der Waals surface area contributed by atoms with Crippen LogP contribution in [0.25, 0.3) is 10.9 Å². The molecule has 0 aliphatic carbocycles. The normalized spacial score (nSPS) is 10.2. The zero-order valence-electron chi connectivity index (χ0n) is 16.5. The van der Waals surface area contributed by atoms with Crippen molar-refractivity contribution in [2.45, 2.75) is 13.8 Å². The van der Waals surface area contributed by atoms with Gasteiger partial charge in [0, 0.05) is 18.5 Å². The molecule has 0 aliphatic heterocycles. The van der Waals surface area contributed by atoms with Gasteiger partial charge in [-0.3, -0.25) is 0 Å². The van der Waals surface area contributed by atoms with E-state index in [9.17, 15) is 5.26 Å². The quantitative estimate of drug-likeness (QED) is 0.401. The van der Waals surface area contributed by atoms with Gasteiger partial charge in [-0.2, -0.15) is 5.26 Å². The number of hydrogen-bond donors (Lipinski definition) is 3. The van der Waals surface area contributed by atoms with Gasteiger partial charge in [0.05, 0.1) is 23.4 Å². The van der Waals surface area contributed by atoms with Crippen LogP contribution in [0.5, 0.6) is 5.75 Å². The fraction of sp³-hybridized carbons (Fsp3) is 0.227. The number of rotatable bonds is 7. The first-order valence-corrected chi connectivity index (χ1v) is 9.84. The van der Waals surface area contributed by atoms with Gasteiger partial charge in [-0.25, -0.2) is 4.98 Å². The van der Waals surface area contributed by atoms with Gasteiger partial charge in [-0.05, 0) is 49.8 Å². The zero-order chi connectivity index (χ0) is 20.6. The van der Waals surface area contributed by atoms with Crippen molar-refractivity contribution in [3.8, 4) is 11.8 Å². The number of nitrogens with zero attached hydrogens (tertiary/aromatic N) is 2. The topological polar surface area (TPSA) is 82.0 Å². The summed E-state index contributed by atoms with van der Waals surface area (Å²) in [7, 11) is 0. The molecule has 1 heterocycles. The number of pyridine rings is 1. The maximum atomic E-state index is 9.44. The van der Waals surface area contributed by atoms with Crippen LogP contribution in [-0.4, -0.2) is 29.8 Å². The van der Waals surface area contributed by atoms with Crippen molar-refractivity contribution in [1.29, 1.82) is 5.26 Å². The molecule has 2 aromatic carbocycles. The Labute approximate surface area is 175 Å². The van der Waals surface area contributed by atoms with Crippen LogP contribution in [0, 0.1) is 18.3 Å². The molecule has 0 saturated carbocycles. The van der Waals surface area contributed by atoms with Crippen LogP contribution in [0.15, 0.2) is 48.5 Å². The number of aromatic nitrogens is 1. The predicted molar refractivity (Wildman–Crippen MR) is 122 cm³/mol. The molecule has 1 aromatic heterocycles. The number of benzene rings is 2. The summed E-state index contributed by atoms with van der Waals surface area (Å²) in [6, 6.07) is 17.7. The molecule has 0 aliphatic rings. The lowest BCUT2D eigenvalue weighted by Crippen LogP contribution is -2.32. The number of anilines is 2. The van der Waals surface area contributed by atoms with Crippen LogP contribution >= 0.6 is 12.2 Å². The third kappa shape index (κ3) is 5.12. The highest BCUT2D eigenvalue weighted by atomic mass is 32.1. The maximum Gasteiger partial charge on any atom is 0.170 e. The maximum absolute atomic E-state index is 9.44. The van der Waals surface area contributed by atoms with Crippen molar-refractivity contribution in [3.05, 3.63) is 59.7 Å². The standard InChI is InChI=1S/C22H23N5OS/c1-3-28-19-10-5-4-9-18(19)26-22(29)25-12-11-24-21-17(14-23)13-16-8-6-7-15(2)20(16)27-21/h4-10,13H,3,11-12H2,1-2H3,(H,24,27)(H2,25,26,29). The Kier molecular flexibility index (Phi) is 6.82. The van der Waals surface area contributed by atoms with Crippen molar-refractivity contribution in [1.82, 2.24) is 10.3 Å². The zero-order valence-corrected chi connectivity index (χ0v) is 17.3. The van der Waals surface area contributed by atoms with Crippen molar-refractivity contribution >= 4 is 39.7 Å². The van der Waals surface area contributed by atoms with E-state index in [2.05, 4.69) is 27.0 Å². The average Bonchev–Trinajstić information content (AvgIpc) is 2.73. The molecular formula is C22H23N5OS. The Balaban J connectivity index is 1.57. The van der Waals surface area contributed by atoms with Crippen LogP contribution in [0.2, 0.25) is 0 Å². The summed E-state index contributed by atoms with van der Waals surface area (Å²) < 4.78 is 5.59. The van der Waals surface area contributed by atoms with Crippen molar-refractivity contribution < 1.29 is 4.74 Å². The molecule has 0 fully saturated rings. The molecular weight excluding hydrogens is 382 g/mol. The Morgan fingerprint density at radius 2 is 2.00 bits per heavy atom. The van der Waals surface area contributed by atoms with Crippen LogP contribution in [-0.2, 0) is 0 Å². The van der Waals surface area contributed by atoms with Crippen LogP contribution in [0.1, 0.15) is 18.1 Å². The monoisotopic (exact) mass is 405 g/mol. The van der Waals surface area contributed by atoms with E-state index < -0.39 is 0 Å². The SMILES string of the molecule is CCOc1ccccc1NC(=S)NCCNc1nc2c(C)cccc2cc1C#N. The van der Waals surface area contributed by atoms with Gasteiger partial charge in [0.25, 0.3) is 0 Å². The molecule has 148 valence electrons. The Morgan fingerprint density at radius 3 is 2.79 bits per heavy atom. The average molecular weight is 406 g/mol. The summed E-state index contributed by atoms with van der Waals surface area (Å²) >= 11 is 5.37. The molecule has 29 heavy (non-hydrogen) atoms. The van der Waals surface area contributed by atoms with Crippen LogP contribution in [0.3, 0.4) is 0 Å². The summed E-state index contributed by atoms with van der Waals surface area (Å²) in [5.41, 5.74) is 3.31. The molecule has 0 amide bonds. The second kappa shape index (κ2) is 9.71. The molecule has 3 aromatic rings. The summed E-state index contributed by atoms with van der Waals surface area (Å²) in [5, 5.41) is 20.4. The molecule has 3 rings (SSSR count). The summed E-state index contributed by atoms with van der Waals surface area (Å²) in [6.07, 6.45) is 0. The molecule has 6 nitrogen and oxygen atoms in total. The molecule has 0 unspecified atom stereocenters. The van der Waals surface area contributed by atoms with E-state index in [1.807, 2.05) is 62.4 Å². The van der Waals surface area contributed by atoms with Gasteiger partial charge >= 0.3 is 0 Å². The lowest BCUT2D eigenvalue weighted by atomic mass is 10.1. The lowest BCUT2D eigenvalue weighted by Gasteiger charge is -2.15. The molecule has 0 spiro atoms. The Bertz CT molecular complexity index is 1060. The van der Waals surface area contributed by atoms with E-state index in [1.54, 1.807) is 0 Å². The van der Waals surface area contributed by atoms with Gasteiger partial charge in [0.2, 0.25) is 0 Å². The molecule has 0 saturated heterocycles. The minimum Gasteiger partial charge on any atom is -0.492 e. The highest BCUT2D eigenvalue weighted by Crippen LogP contribution is 2.24. The predicted octanol–water partition coefficient (Wildman–Crippen LogP) is 4.21. The minimum atomic E-state index is 0.502. The van der Waals surface area contributed by atoms with Gasteiger partial charge in [-0.1, -0.05) is 30.3 Å². The number of fused-ring (bicyclic) bond motifs is 1. The van der Waals surface area contributed by atoms with Gasteiger partial charge in [0.15, 0.2) is 5.11 Å². The first-order valence-electron chi connectivity index (χ1n) is 9.43. The van der Waals surface area contributed by atoms with Gasteiger partial charge in [-0.15, -0.1) is 0 Å². The largest absolute Gasteiger partial charge is 0.492 e. The number of nitrogens with one attached hydrogen (secondary N) is 3. The number of para-hydroxylation sites is 3. The minimum absolute atomic E-state index is 0.502. The molecule has 0 atom stereocenters. The van der Waals surface area contributed by atoms with E-state index in [0.717, 1.165) is 27.9 Å². The second-order valence-corrected chi connectivity index (χ2v) is 6.79. The third-order valence-electron chi connectivity index (χ3n) is 4.31. The van der Waals surface area contributed by atoms with E-state index in [-0.39, 0.29) is 0 Å². The summed E-state index contributed by atoms with van der Waals surface area (Å²) in [4.78, 5) is 4.64. The van der Waals surface area contributed by atoms with Gasteiger partial charge < -0.3 is 20.7 Å². The van der Waals surface area contributed by atoms with E-state index in [4.69, 9.17) is 17.0 Å². The van der Waals surface area contributed by atoms with E-state index in [0.29, 0.717) is 36.2 Å². The fourth-order valence-corrected chi connectivity index (χ4v) is 3.15. The van der Waals surface area contributed by atoms with Crippen molar-refractivity contribution in [2.75, 3.05) is 30.3 Å². The van der Waals surface area contributed by atoms with E-state index in [1.165, 1.54) is 0 Å². The third-order valence-corrected chi connectivity index (χ3v) is 4.55. The number of thiocarbonyl (C=S) groups is 1. The second-order valence-electron chi connectivity index (χ2n) is 6.38. The molecule has 7 heteroatoms. The summed E-state index contributed by atoms with van der Waals surface area (Å²) in [5.74, 6) is 1.34. The number of nitriles is 1. The van der Waals surface area contributed by atoms with Gasteiger partial charge in [0.1, 0.15) is 17.6 Å². The highest BCUT2D eigenvalue weighted by Gasteiger charge is 2.08. The van der Waals surface area contributed by atoms with Crippen LogP contribution in [0.4, 0.5) is 11.5 Å². The fourth-order valence-electron chi connectivity index (χ4n) is 2.94. The number of ether oxygens (including phenoxy) is 1. The smallest absolute Gasteiger partial charge is 0.170 e. The Morgan fingerprint density at radius 1 is 1.17 bits per heavy atom. The highest BCUT2D eigenvalue weighted by molar-refractivity contribution is 7.80. The molecule has 0 bridgehead atoms. The molecule has 0 radical (unpaired) electrons. The van der Waals surface area contributed by atoms with E-state index >= 15 is 0 Å². The first kappa shape index (κ1) is 20.4. The molecule has 3 N–H and O–H groups in total. The van der Waals surface area contributed by atoms with Crippen molar-refractivity contribution in [3.63, 3.8) is 0 Å².